The van der Waals surface area contributed by atoms with Crippen LogP contribution in [0.4, 0.5) is 0 Å². The molecular formula is C9H21N3O4S. The largest absolute Gasteiger partial charge is 0.394 e. The zero-order valence-electron chi connectivity index (χ0n) is 9.75. The van der Waals surface area contributed by atoms with Gasteiger partial charge in [0.2, 0.25) is 0 Å². The van der Waals surface area contributed by atoms with Gasteiger partial charge >= 0.3 is 10.4 Å². The highest BCUT2D eigenvalue weighted by Gasteiger charge is 2.12. The quantitative estimate of drug-likeness (QED) is 0.335. The SMILES string of the molecule is NC(N)=NCCC1CCCCC1.O=S(=O)(O)O. The van der Waals surface area contributed by atoms with E-state index in [0.29, 0.717) is 0 Å². The summed E-state index contributed by atoms with van der Waals surface area (Å²) in [6, 6.07) is 0. The lowest BCUT2D eigenvalue weighted by Crippen LogP contribution is -2.23. The third kappa shape index (κ3) is 15.1. The molecule has 0 aromatic heterocycles. The fourth-order valence-electron chi connectivity index (χ4n) is 1.85. The molecule has 1 aliphatic carbocycles. The molecule has 8 heteroatoms. The summed E-state index contributed by atoms with van der Waals surface area (Å²) in [6.45, 7) is 0.812. The average Bonchev–Trinajstić information content (AvgIpc) is 2.16. The molecule has 0 atom stereocenters. The van der Waals surface area contributed by atoms with Crippen LogP contribution in [-0.4, -0.2) is 30.0 Å². The lowest BCUT2D eigenvalue weighted by molar-refractivity contribution is 0.343. The second kappa shape index (κ2) is 8.26. The summed E-state index contributed by atoms with van der Waals surface area (Å²) in [4.78, 5) is 3.99. The molecule has 1 saturated carbocycles. The molecule has 0 aromatic carbocycles. The van der Waals surface area contributed by atoms with Crippen LogP contribution in [0.2, 0.25) is 0 Å². The smallest absolute Gasteiger partial charge is 0.370 e. The molecule has 1 fully saturated rings. The van der Waals surface area contributed by atoms with Crippen molar-refractivity contribution in [2.75, 3.05) is 6.54 Å². The number of hydrogen-bond acceptors (Lipinski definition) is 3. The standard InChI is InChI=1S/C9H19N3.H2O4S/c10-9(11)12-7-6-8-4-2-1-3-5-8;1-5(2,3)4/h8H,1-7H2,(H4,10,11,12);(H2,1,2,3,4). The minimum Gasteiger partial charge on any atom is -0.370 e. The molecular weight excluding hydrogens is 246 g/mol. The Labute approximate surface area is 102 Å². The normalized spacial score (nSPS) is 16.8. The first kappa shape index (κ1) is 16.1. The summed E-state index contributed by atoms with van der Waals surface area (Å²) < 4.78 is 31.6. The maximum Gasteiger partial charge on any atom is 0.394 e. The van der Waals surface area contributed by atoms with Crippen LogP contribution in [0.5, 0.6) is 0 Å². The number of nitrogens with zero attached hydrogens (tertiary/aromatic N) is 1. The van der Waals surface area contributed by atoms with Gasteiger partial charge < -0.3 is 11.5 Å². The van der Waals surface area contributed by atoms with Crippen molar-refractivity contribution in [2.24, 2.45) is 22.4 Å². The Kier molecular flexibility index (Phi) is 7.85. The van der Waals surface area contributed by atoms with Gasteiger partial charge in [-0.25, -0.2) is 0 Å². The molecule has 102 valence electrons. The van der Waals surface area contributed by atoms with E-state index in [-0.39, 0.29) is 5.96 Å². The highest BCUT2D eigenvalue weighted by atomic mass is 32.3. The van der Waals surface area contributed by atoms with Crippen LogP contribution in [-0.2, 0) is 10.4 Å². The van der Waals surface area contributed by atoms with Crippen molar-refractivity contribution in [1.29, 1.82) is 0 Å². The molecule has 1 aliphatic rings. The van der Waals surface area contributed by atoms with E-state index in [4.69, 9.17) is 29.0 Å². The van der Waals surface area contributed by atoms with E-state index in [2.05, 4.69) is 4.99 Å². The summed E-state index contributed by atoms with van der Waals surface area (Å²) >= 11 is 0. The fourth-order valence-corrected chi connectivity index (χ4v) is 1.85. The highest BCUT2D eigenvalue weighted by Crippen LogP contribution is 2.25. The molecule has 17 heavy (non-hydrogen) atoms. The molecule has 0 saturated heterocycles. The zero-order chi connectivity index (χ0) is 13.3. The van der Waals surface area contributed by atoms with E-state index in [1.165, 1.54) is 32.1 Å². The number of rotatable bonds is 3. The van der Waals surface area contributed by atoms with E-state index in [0.717, 1.165) is 18.9 Å². The topological polar surface area (TPSA) is 139 Å². The van der Waals surface area contributed by atoms with Gasteiger partial charge in [-0.05, 0) is 12.3 Å². The average molecular weight is 267 g/mol. The first-order valence-corrected chi connectivity index (χ1v) is 6.94. The van der Waals surface area contributed by atoms with Crippen molar-refractivity contribution in [3.8, 4) is 0 Å². The van der Waals surface area contributed by atoms with E-state index in [1.54, 1.807) is 0 Å². The van der Waals surface area contributed by atoms with Gasteiger partial charge in [0, 0.05) is 6.54 Å². The predicted molar refractivity (Wildman–Crippen MR) is 66.0 cm³/mol. The van der Waals surface area contributed by atoms with Crippen molar-refractivity contribution in [3.05, 3.63) is 0 Å². The Morgan fingerprint density at radius 1 is 1.18 bits per heavy atom. The summed E-state index contributed by atoms with van der Waals surface area (Å²) in [6.07, 6.45) is 8.12. The van der Waals surface area contributed by atoms with Gasteiger partial charge in [-0.2, -0.15) is 8.42 Å². The van der Waals surface area contributed by atoms with Crippen molar-refractivity contribution < 1.29 is 17.5 Å². The second-order valence-corrected chi connectivity index (χ2v) is 4.94. The van der Waals surface area contributed by atoms with E-state index >= 15 is 0 Å². The summed E-state index contributed by atoms with van der Waals surface area (Å²) in [5, 5.41) is 0. The highest BCUT2D eigenvalue weighted by molar-refractivity contribution is 7.79. The Morgan fingerprint density at radius 2 is 1.65 bits per heavy atom. The molecule has 0 spiro atoms. The maximum atomic E-state index is 8.74. The Morgan fingerprint density at radius 3 is 2.06 bits per heavy atom. The van der Waals surface area contributed by atoms with Crippen LogP contribution in [0.15, 0.2) is 4.99 Å². The van der Waals surface area contributed by atoms with E-state index in [1.807, 2.05) is 0 Å². The summed E-state index contributed by atoms with van der Waals surface area (Å²) in [7, 11) is -4.67. The minimum absolute atomic E-state index is 0.228. The lowest BCUT2D eigenvalue weighted by Gasteiger charge is -2.20. The van der Waals surface area contributed by atoms with Gasteiger partial charge in [-0.1, -0.05) is 32.1 Å². The molecule has 0 aliphatic heterocycles. The molecule has 6 N–H and O–H groups in total. The number of nitrogens with two attached hydrogens (primary N) is 2. The third-order valence-electron chi connectivity index (χ3n) is 2.56. The molecule has 0 heterocycles. The third-order valence-corrected chi connectivity index (χ3v) is 2.56. The van der Waals surface area contributed by atoms with Crippen molar-refractivity contribution >= 4 is 16.4 Å². The minimum atomic E-state index is -4.67. The number of aliphatic imine (C=N–C) groups is 1. The van der Waals surface area contributed by atoms with Crippen molar-refractivity contribution in [3.63, 3.8) is 0 Å². The summed E-state index contributed by atoms with van der Waals surface area (Å²) in [5.41, 5.74) is 10.5. The van der Waals surface area contributed by atoms with Gasteiger partial charge in [-0.3, -0.25) is 14.1 Å². The van der Waals surface area contributed by atoms with Gasteiger partial charge in [-0.15, -0.1) is 0 Å². The fraction of sp³-hybridized carbons (Fsp3) is 0.889. The van der Waals surface area contributed by atoms with Crippen LogP contribution < -0.4 is 11.5 Å². The lowest BCUT2D eigenvalue weighted by atomic mass is 9.87. The van der Waals surface area contributed by atoms with Crippen LogP contribution in [0.1, 0.15) is 38.5 Å². The van der Waals surface area contributed by atoms with Crippen LogP contribution in [0.25, 0.3) is 0 Å². The number of guanidine groups is 1. The zero-order valence-corrected chi connectivity index (χ0v) is 10.6. The maximum absolute atomic E-state index is 8.74. The Balaban J connectivity index is 0.000000437. The van der Waals surface area contributed by atoms with Gasteiger partial charge in [0.15, 0.2) is 5.96 Å². The van der Waals surface area contributed by atoms with Crippen molar-refractivity contribution in [2.45, 2.75) is 38.5 Å². The molecule has 1 rings (SSSR count). The monoisotopic (exact) mass is 267 g/mol. The Hall–Kier alpha value is -0.860. The van der Waals surface area contributed by atoms with Crippen molar-refractivity contribution in [1.82, 2.24) is 0 Å². The number of hydrogen-bond donors (Lipinski definition) is 4. The van der Waals surface area contributed by atoms with Crippen LogP contribution in [0, 0.1) is 5.92 Å². The van der Waals surface area contributed by atoms with Crippen LogP contribution in [0.3, 0.4) is 0 Å². The van der Waals surface area contributed by atoms with Gasteiger partial charge in [0.1, 0.15) is 0 Å². The molecule has 0 amide bonds. The molecule has 0 aromatic rings. The second-order valence-electron chi connectivity index (χ2n) is 4.05. The first-order chi connectivity index (χ1) is 7.79. The molecule has 0 unspecified atom stereocenters. The van der Waals surface area contributed by atoms with Crippen LogP contribution >= 0.6 is 0 Å². The van der Waals surface area contributed by atoms with E-state index in [9.17, 15) is 0 Å². The Bertz CT molecular complexity index is 311. The van der Waals surface area contributed by atoms with E-state index < -0.39 is 10.4 Å². The van der Waals surface area contributed by atoms with Gasteiger partial charge in [0.05, 0.1) is 0 Å². The molecule has 0 radical (unpaired) electrons. The summed E-state index contributed by atoms with van der Waals surface area (Å²) in [5.74, 6) is 1.10. The molecule has 7 nitrogen and oxygen atoms in total. The van der Waals surface area contributed by atoms with Gasteiger partial charge in [0.25, 0.3) is 0 Å². The predicted octanol–water partition coefficient (Wildman–Crippen LogP) is 0.577. The molecule has 0 bridgehead atoms. The first-order valence-electron chi connectivity index (χ1n) is 5.54.